The maximum Gasteiger partial charge on any atom is 0.148 e. The third-order valence-corrected chi connectivity index (χ3v) is 5.55. The molecule has 1 heterocycles. The third kappa shape index (κ3) is 3.37. The molecule has 0 atom stereocenters. The van der Waals surface area contributed by atoms with Crippen molar-refractivity contribution in [2.45, 2.75) is 11.8 Å². The van der Waals surface area contributed by atoms with Crippen molar-refractivity contribution >= 4 is 48.8 Å². The Morgan fingerprint density at radius 1 is 1.44 bits per heavy atom. The number of hydrogen-bond donors (Lipinski definition) is 1. The largest absolute Gasteiger partial charge is 0.398 e. The standard InChI is InChI=1S/C11H14N2O2S3/c1-7-13-9-6-10(8(12)5-11(9)17-7)16-3-4-18(2,14)15/h5-6H,3-4,12H2,1-2H3. The van der Waals surface area contributed by atoms with Crippen molar-refractivity contribution in [3.8, 4) is 0 Å². The fraction of sp³-hybridized carbons (Fsp3) is 0.364. The molecule has 0 bridgehead atoms. The van der Waals surface area contributed by atoms with Gasteiger partial charge in [0.2, 0.25) is 0 Å². The number of thiazole rings is 1. The Balaban J connectivity index is 2.20. The molecule has 0 amide bonds. The molecule has 0 saturated heterocycles. The van der Waals surface area contributed by atoms with E-state index in [0.29, 0.717) is 11.4 Å². The maximum atomic E-state index is 11.1. The lowest BCUT2D eigenvalue weighted by Crippen LogP contribution is -2.05. The number of hydrogen-bond acceptors (Lipinski definition) is 6. The average Bonchev–Trinajstić information content (AvgIpc) is 2.55. The van der Waals surface area contributed by atoms with Gasteiger partial charge >= 0.3 is 0 Å². The number of nitrogen functional groups attached to an aromatic ring is 1. The lowest BCUT2D eigenvalue weighted by atomic mass is 10.3. The van der Waals surface area contributed by atoms with E-state index >= 15 is 0 Å². The molecule has 0 unspecified atom stereocenters. The molecule has 1 aromatic heterocycles. The number of sulfone groups is 1. The van der Waals surface area contributed by atoms with Gasteiger partial charge in [0, 0.05) is 22.6 Å². The second-order valence-corrected chi connectivity index (χ2v) is 8.70. The van der Waals surface area contributed by atoms with E-state index in [0.717, 1.165) is 20.1 Å². The summed E-state index contributed by atoms with van der Waals surface area (Å²) in [6.45, 7) is 1.96. The molecule has 18 heavy (non-hydrogen) atoms. The van der Waals surface area contributed by atoms with Crippen molar-refractivity contribution in [3.05, 3.63) is 17.1 Å². The van der Waals surface area contributed by atoms with E-state index in [4.69, 9.17) is 5.73 Å². The molecule has 98 valence electrons. The van der Waals surface area contributed by atoms with Gasteiger partial charge in [0.1, 0.15) is 9.84 Å². The maximum absolute atomic E-state index is 11.1. The SMILES string of the molecule is Cc1nc2cc(SCCS(C)(=O)=O)c(N)cc2s1. The molecule has 0 aliphatic heterocycles. The van der Waals surface area contributed by atoms with Crippen molar-refractivity contribution in [2.75, 3.05) is 23.5 Å². The highest BCUT2D eigenvalue weighted by atomic mass is 32.2. The number of nitrogens with two attached hydrogens (primary N) is 1. The highest BCUT2D eigenvalue weighted by molar-refractivity contribution is 8.00. The van der Waals surface area contributed by atoms with Gasteiger partial charge in [-0.1, -0.05) is 0 Å². The second kappa shape index (κ2) is 5.07. The molecule has 2 rings (SSSR count). The average molecular weight is 302 g/mol. The first kappa shape index (κ1) is 13.6. The van der Waals surface area contributed by atoms with Crippen LogP contribution in [0.1, 0.15) is 5.01 Å². The van der Waals surface area contributed by atoms with Crippen LogP contribution in [0.25, 0.3) is 10.2 Å². The zero-order valence-corrected chi connectivity index (χ0v) is 12.6. The number of anilines is 1. The monoisotopic (exact) mass is 302 g/mol. The molecule has 0 fully saturated rings. The van der Waals surface area contributed by atoms with E-state index in [2.05, 4.69) is 4.98 Å². The molecule has 0 aliphatic carbocycles. The van der Waals surface area contributed by atoms with Gasteiger partial charge in [-0.05, 0) is 19.1 Å². The van der Waals surface area contributed by atoms with Crippen LogP contribution in [0.2, 0.25) is 0 Å². The van der Waals surface area contributed by atoms with Crippen molar-refractivity contribution in [1.82, 2.24) is 4.98 Å². The number of fused-ring (bicyclic) bond motifs is 1. The zero-order valence-electron chi connectivity index (χ0n) is 10.1. The molecule has 0 radical (unpaired) electrons. The summed E-state index contributed by atoms with van der Waals surface area (Å²) in [6, 6.07) is 3.84. The van der Waals surface area contributed by atoms with Crippen molar-refractivity contribution in [3.63, 3.8) is 0 Å². The van der Waals surface area contributed by atoms with Crippen LogP contribution in [0, 0.1) is 6.92 Å². The van der Waals surface area contributed by atoms with Crippen molar-refractivity contribution in [1.29, 1.82) is 0 Å². The van der Waals surface area contributed by atoms with Gasteiger partial charge < -0.3 is 5.73 Å². The molecule has 7 heteroatoms. The molecule has 0 spiro atoms. The minimum Gasteiger partial charge on any atom is -0.398 e. The topological polar surface area (TPSA) is 73.0 Å². The Morgan fingerprint density at radius 2 is 2.17 bits per heavy atom. The Labute approximate surface area is 115 Å². The van der Waals surface area contributed by atoms with Crippen LogP contribution in [0.5, 0.6) is 0 Å². The van der Waals surface area contributed by atoms with Gasteiger partial charge in [-0.15, -0.1) is 23.1 Å². The Morgan fingerprint density at radius 3 is 2.83 bits per heavy atom. The van der Waals surface area contributed by atoms with Gasteiger partial charge in [-0.2, -0.15) is 0 Å². The molecule has 0 saturated carbocycles. The van der Waals surface area contributed by atoms with E-state index < -0.39 is 9.84 Å². The number of benzene rings is 1. The van der Waals surface area contributed by atoms with Crippen molar-refractivity contribution < 1.29 is 8.42 Å². The quantitative estimate of drug-likeness (QED) is 0.693. The normalized spacial score (nSPS) is 12.1. The van der Waals surface area contributed by atoms with Gasteiger partial charge in [-0.3, -0.25) is 0 Å². The number of aromatic nitrogens is 1. The first-order valence-electron chi connectivity index (χ1n) is 5.32. The molecule has 1 aromatic carbocycles. The minimum absolute atomic E-state index is 0.158. The number of aryl methyl sites for hydroxylation is 1. The van der Waals surface area contributed by atoms with E-state index in [-0.39, 0.29) is 5.75 Å². The van der Waals surface area contributed by atoms with Gasteiger partial charge in [0.25, 0.3) is 0 Å². The lowest BCUT2D eigenvalue weighted by Gasteiger charge is -2.04. The lowest BCUT2D eigenvalue weighted by molar-refractivity contribution is 0.603. The van der Waals surface area contributed by atoms with E-state index in [1.807, 2.05) is 19.1 Å². The fourth-order valence-corrected chi connectivity index (χ4v) is 4.56. The summed E-state index contributed by atoms with van der Waals surface area (Å²) in [4.78, 5) is 5.30. The summed E-state index contributed by atoms with van der Waals surface area (Å²) in [5.74, 6) is 0.670. The number of rotatable bonds is 4. The zero-order chi connectivity index (χ0) is 13.3. The summed E-state index contributed by atoms with van der Waals surface area (Å²) in [7, 11) is -2.92. The van der Waals surface area contributed by atoms with Gasteiger partial charge in [0.15, 0.2) is 0 Å². The van der Waals surface area contributed by atoms with E-state index in [1.54, 1.807) is 11.3 Å². The number of thioether (sulfide) groups is 1. The Hall–Kier alpha value is -0.790. The Bertz CT molecular complexity index is 677. The van der Waals surface area contributed by atoms with Crippen LogP contribution in [0.3, 0.4) is 0 Å². The highest BCUT2D eigenvalue weighted by Gasteiger charge is 2.08. The predicted octanol–water partition coefficient (Wildman–Crippen LogP) is 2.32. The number of nitrogens with zero attached hydrogens (tertiary/aromatic N) is 1. The summed E-state index contributed by atoms with van der Waals surface area (Å²) in [5.41, 5.74) is 7.56. The smallest absolute Gasteiger partial charge is 0.148 e. The molecule has 2 N–H and O–H groups in total. The van der Waals surface area contributed by atoms with E-state index in [1.165, 1.54) is 18.0 Å². The molecular formula is C11H14N2O2S3. The van der Waals surface area contributed by atoms with Crippen molar-refractivity contribution in [2.24, 2.45) is 0 Å². The van der Waals surface area contributed by atoms with Crippen LogP contribution in [-0.2, 0) is 9.84 Å². The Kier molecular flexibility index (Phi) is 3.84. The first-order chi connectivity index (χ1) is 8.35. The third-order valence-electron chi connectivity index (χ3n) is 2.34. The van der Waals surface area contributed by atoms with Gasteiger partial charge in [0.05, 0.1) is 21.0 Å². The second-order valence-electron chi connectivity index (χ2n) is 4.07. The highest BCUT2D eigenvalue weighted by Crippen LogP contribution is 2.32. The van der Waals surface area contributed by atoms with Gasteiger partial charge in [-0.25, -0.2) is 13.4 Å². The van der Waals surface area contributed by atoms with E-state index in [9.17, 15) is 8.42 Å². The van der Waals surface area contributed by atoms with Crippen LogP contribution in [0.4, 0.5) is 5.69 Å². The van der Waals surface area contributed by atoms with Crippen LogP contribution < -0.4 is 5.73 Å². The minimum atomic E-state index is -2.92. The summed E-state index contributed by atoms with van der Waals surface area (Å²) in [5, 5.41) is 1.00. The van der Waals surface area contributed by atoms with Crippen LogP contribution in [0.15, 0.2) is 17.0 Å². The molecule has 4 nitrogen and oxygen atoms in total. The molecular weight excluding hydrogens is 288 g/mol. The predicted molar refractivity (Wildman–Crippen MR) is 79.2 cm³/mol. The summed E-state index contributed by atoms with van der Waals surface area (Å²) < 4.78 is 23.2. The summed E-state index contributed by atoms with van der Waals surface area (Å²) in [6.07, 6.45) is 1.24. The first-order valence-corrected chi connectivity index (χ1v) is 9.18. The van der Waals surface area contributed by atoms with Crippen LogP contribution in [-0.4, -0.2) is 31.2 Å². The fourth-order valence-electron chi connectivity index (χ4n) is 1.51. The summed E-state index contributed by atoms with van der Waals surface area (Å²) >= 11 is 3.07. The molecule has 0 aliphatic rings. The molecule has 2 aromatic rings. The van der Waals surface area contributed by atoms with Crippen LogP contribution >= 0.6 is 23.1 Å².